The number of carbonyl (C=O) groups excluding carboxylic acids is 1. The van der Waals surface area contributed by atoms with Gasteiger partial charge < -0.3 is 9.64 Å². The molecular formula is C20H19N3O2S. The normalized spacial score (nSPS) is 16.7. The van der Waals surface area contributed by atoms with E-state index in [1.54, 1.807) is 7.11 Å². The molecule has 2 aromatic carbocycles. The number of carbonyl (C=O) groups is 1. The summed E-state index contributed by atoms with van der Waals surface area (Å²) in [5.41, 5.74) is 3.20. The molecule has 0 bridgehead atoms. The molecule has 132 valence electrons. The van der Waals surface area contributed by atoms with Gasteiger partial charge in [0.05, 0.1) is 7.11 Å². The molecule has 2 aromatic rings. The van der Waals surface area contributed by atoms with Crippen molar-refractivity contribution in [1.29, 1.82) is 0 Å². The standard InChI is InChI=1S/C20H19N3O2S/c1-23(2)15-10-8-14(9-11-15)12-19-17(13-24)22-20(26-19)21-16-6-4-5-7-18(16)25-3/h4-13H,1-3H3. The molecule has 0 spiro atoms. The second-order valence-corrected chi connectivity index (χ2v) is 6.79. The Labute approximate surface area is 157 Å². The van der Waals surface area contributed by atoms with Crippen molar-refractivity contribution in [2.45, 2.75) is 0 Å². The van der Waals surface area contributed by atoms with Crippen molar-refractivity contribution in [3.8, 4) is 5.75 Å². The van der Waals surface area contributed by atoms with E-state index in [-0.39, 0.29) is 0 Å². The van der Waals surface area contributed by atoms with Crippen LogP contribution in [0.1, 0.15) is 5.56 Å². The van der Waals surface area contributed by atoms with Crippen LogP contribution >= 0.6 is 11.8 Å². The molecular weight excluding hydrogens is 346 g/mol. The first-order valence-electron chi connectivity index (χ1n) is 8.03. The molecule has 5 nitrogen and oxygen atoms in total. The number of methoxy groups -OCH3 is 1. The maximum atomic E-state index is 11.4. The molecule has 26 heavy (non-hydrogen) atoms. The topological polar surface area (TPSA) is 54.3 Å². The molecule has 1 aliphatic heterocycles. The number of nitrogens with zero attached hydrogens (tertiary/aromatic N) is 3. The van der Waals surface area contributed by atoms with Crippen molar-refractivity contribution in [3.05, 3.63) is 59.0 Å². The zero-order chi connectivity index (χ0) is 18.5. The molecule has 1 aliphatic rings. The summed E-state index contributed by atoms with van der Waals surface area (Å²) >= 11 is 1.37. The molecule has 0 saturated carbocycles. The van der Waals surface area contributed by atoms with Gasteiger partial charge in [0.2, 0.25) is 0 Å². The number of benzene rings is 2. The summed E-state index contributed by atoms with van der Waals surface area (Å²) in [6.07, 6.45) is 2.71. The summed E-state index contributed by atoms with van der Waals surface area (Å²) in [5.74, 6) is 0.667. The summed E-state index contributed by atoms with van der Waals surface area (Å²) in [5, 5.41) is 0.521. The number of hydrogen-bond donors (Lipinski definition) is 0. The highest BCUT2D eigenvalue weighted by Gasteiger charge is 2.20. The fourth-order valence-corrected chi connectivity index (χ4v) is 3.29. The van der Waals surface area contributed by atoms with E-state index in [4.69, 9.17) is 4.74 Å². The highest BCUT2D eigenvalue weighted by Crippen LogP contribution is 2.34. The first kappa shape index (κ1) is 17.9. The number of ether oxygens (including phenoxy) is 1. The van der Waals surface area contributed by atoms with E-state index >= 15 is 0 Å². The van der Waals surface area contributed by atoms with E-state index in [1.807, 2.05) is 73.6 Å². The predicted molar refractivity (Wildman–Crippen MR) is 110 cm³/mol. The molecule has 0 aliphatic carbocycles. The summed E-state index contributed by atoms with van der Waals surface area (Å²) in [7, 11) is 5.60. The van der Waals surface area contributed by atoms with Gasteiger partial charge in [-0.05, 0) is 47.7 Å². The third kappa shape index (κ3) is 4.03. The molecule has 0 amide bonds. The van der Waals surface area contributed by atoms with Crippen LogP contribution in [0.2, 0.25) is 0 Å². The van der Waals surface area contributed by atoms with Gasteiger partial charge in [-0.3, -0.25) is 4.79 Å². The van der Waals surface area contributed by atoms with Crippen LogP contribution in [0.25, 0.3) is 6.08 Å². The molecule has 0 aromatic heterocycles. The molecule has 0 saturated heterocycles. The lowest BCUT2D eigenvalue weighted by molar-refractivity contribution is -0.102. The number of hydrogen-bond acceptors (Lipinski definition) is 5. The third-order valence-corrected chi connectivity index (χ3v) is 4.70. The quantitative estimate of drug-likeness (QED) is 0.746. The first-order valence-corrected chi connectivity index (χ1v) is 8.85. The molecule has 3 rings (SSSR count). The van der Waals surface area contributed by atoms with Crippen LogP contribution in [-0.2, 0) is 4.79 Å². The Bertz CT molecular complexity index is 900. The van der Waals surface area contributed by atoms with Crippen molar-refractivity contribution in [2.75, 3.05) is 26.1 Å². The second kappa shape index (κ2) is 8.01. The van der Waals surface area contributed by atoms with Gasteiger partial charge in [0.15, 0.2) is 11.5 Å². The zero-order valence-corrected chi connectivity index (χ0v) is 15.7. The van der Waals surface area contributed by atoms with Crippen molar-refractivity contribution >= 4 is 46.4 Å². The number of thioether (sulfide) groups is 1. The molecule has 1 heterocycles. The summed E-state index contributed by atoms with van der Waals surface area (Å²) in [4.78, 5) is 23.1. The lowest BCUT2D eigenvalue weighted by Gasteiger charge is -2.11. The van der Waals surface area contributed by atoms with E-state index in [1.165, 1.54) is 11.8 Å². The van der Waals surface area contributed by atoms with Gasteiger partial charge in [-0.25, -0.2) is 9.98 Å². The van der Waals surface area contributed by atoms with Crippen molar-refractivity contribution in [2.24, 2.45) is 9.98 Å². The van der Waals surface area contributed by atoms with Crippen molar-refractivity contribution < 1.29 is 9.53 Å². The van der Waals surface area contributed by atoms with Crippen LogP contribution in [-0.4, -0.2) is 38.4 Å². The minimum absolute atomic E-state index is 0.389. The van der Waals surface area contributed by atoms with Crippen molar-refractivity contribution in [1.82, 2.24) is 0 Å². The first-order chi connectivity index (χ1) is 12.6. The molecule has 6 heteroatoms. The molecule has 0 atom stereocenters. The number of anilines is 1. The number of rotatable bonds is 5. The van der Waals surface area contributed by atoms with Crippen LogP contribution < -0.4 is 9.64 Å². The number of allylic oxidation sites excluding steroid dienone is 1. The van der Waals surface area contributed by atoms with E-state index in [0.29, 0.717) is 22.3 Å². The van der Waals surface area contributed by atoms with E-state index in [2.05, 4.69) is 9.98 Å². The van der Waals surface area contributed by atoms with Gasteiger partial charge >= 0.3 is 0 Å². The average molecular weight is 365 g/mol. The van der Waals surface area contributed by atoms with Crippen LogP contribution in [0.5, 0.6) is 5.75 Å². The molecule has 0 N–H and O–H groups in total. The van der Waals surface area contributed by atoms with Gasteiger partial charge in [-0.2, -0.15) is 0 Å². The van der Waals surface area contributed by atoms with E-state index in [9.17, 15) is 4.79 Å². The Kier molecular flexibility index (Phi) is 5.53. The number of aliphatic imine (C=N–C) groups is 2. The molecule has 0 radical (unpaired) electrons. The minimum Gasteiger partial charge on any atom is -0.494 e. The van der Waals surface area contributed by atoms with Gasteiger partial charge in [-0.1, -0.05) is 24.3 Å². The molecule has 0 fully saturated rings. The number of para-hydroxylation sites is 2. The SMILES string of the molecule is COc1ccccc1N=C1N=C(C=O)C(=Cc2ccc(N(C)C)cc2)S1. The minimum atomic E-state index is 0.389. The lowest BCUT2D eigenvalue weighted by atomic mass is 10.1. The summed E-state index contributed by atoms with van der Waals surface area (Å²) in [6, 6.07) is 15.6. The van der Waals surface area contributed by atoms with Crippen LogP contribution in [0.15, 0.2) is 63.4 Å². The zero-order valence-electron chi connectivity index (χ0n) is 14.8. The maximum absolute atomic E-state index is 11.4. The average Bonchev–Trinajstić information content (AvgIpc) is 3.04. The largest absolute Gasteiger partial charge is 0.494 e. The Morgan fingerprint density at radius 1 is 1.12 bits per heavy atom. The lowest BCUT2D eigenvalue weighted by Crippen LogP contribution is -2.07. The fraction of sp³-hybridized carbons (Fsp3) is 0.150. The van der Waals surface area contributed by atoms with Crippen LogP contribution in [0.3, 0.4) is 0 Å². The summed E-state index contributed by atoms with van der Waals surface area (Å²) in [6.45, 7) is 0. The Balaban J connectivity index is 1.88. The Morgan fingerprint density at radius 2 is 1.85 bits per heavy atom. The fourth-order valence-electron chi connectivity index (χ4n) is 2.41. The number of aldehydes is 1. The monoisotopic (exact) mass is 365 g/mol. The Hall–Kier alpha value is -2.86. The molecule has 0 unspecified atom stereocenters. The maximum Gasteiger partial charge on any atom is 0.193 e. The number of amidine groups is 1. The van der Waals surface area contributed by atoms with Gasteiger partial charge in [0.1, 0.15) is 17.1 Å². The smallest absolute Gasteiger partial charge is 0.193 e. The predicted octanol–water partition coefficient (Wildman–Crippen LogP) is 4.18. The second-order valence-electron chi connectivity index (χ2n) is 5.78. The van der Waals surface area contributed by atoms with E-state index < -0.39 is 0 Å². The van der Waals surface area contributed by atoms with Crippen LogP contribution in [0.4, 0.5) is 11.4 Å². The summed E-state index contributed by atoms with van der Waals surface area (Å²) < 4.78 is 5.31. The Morgan fingerprint density at radius 3 is 2.50 bits per heavy atom. The highest BCUT2D eigenvalue weighted by atomic mass is 32.2. The van der Waals surface area contributed by atoms with Crippen molar-refractivity contribution in [3.63, 3.8) is 0 Å². The third-order valence-electron chi connectivity index (χ3n) is 3.79. The highest BCUT2D eigenvalue weighted by molar-refractivity contribution is 8.18. The van der Waals surface area contributed by atoms with Gasteiger partial charge in [0.25, 0.3) is 0 Å². The van der Waals surface area contributed by atoms with E-state index in [0.717, 1.165) is 22.4 Å². The van der Waals surface area contributed by atoms with Crippen LogP contribution in [0, 0.1) is 0 Å². The van der Waals surface area contributed by atoms with Gasteiger partial charge in [-0.15, -0.1) is 0 Å². The van der Waals surface area contributed by atoms with Gasteiger partial charge in [0, 0.05) is 24.7 Å².